The summed E-state index contributed by atoms with van der Waals surface area (Å²) in [5.74, 6) is 0.984. The van der Waals surface area contributed by atoms with E-state index in [0.717, 1.165) is 12.2 Å². The van der Waals surface area contributed by atoms with Crippen molar-refractivity contribution < 1.29 is 8.42 Å². The van der Waals surface area contributed by atoms with Crippen LogP contribution >= 0.6 is 37.6 Å². The normalized spacial score (nSPS) is 10.0. The van der Waals surface area contributed by atoms with Gasteiger partial charge >= 0.3 is 0 Å². The zero-order valence-electron chi connectivity index (χ0n) is 12.9. The van der Waals surface area contributed by atoms with Gasteiger partial charge in [-0.2, -0.15) is 0 Å². The molecule has 4 unspecified atom stereocenters. The lowest BCUT2D eigenvalue weighted by Crippen LogP contribution is -2.29. The first-order chi connectivity index (χ1) is 9.63. The van der Waals surface area contributed by atoms with E-state index in [1.807, 2.05) is 33.1 Å². The number of nitrogens with one attached hydrogen (secondary N) is 4. The van der Waals surface area contributed by atoms with Gasteiger partial charge in [-0.15, -0.1) is 4.40 Å². The molecule has 128 valence electrons. The Kier molecular flexibility index (Phi) is 20.5. The molecule has 14 heteroatoms. The molecule has 0 rings (SSSR count). The monoisotopic (exact) mass is 397 g/mol. The van der Waals surface area contributed by atoms with Crippen LogP contribution in [0.3, 0.4) is 0 Å². The van der Waals surface area contributed by atoms with Gasteiger partial charge in [0.15, 0.2) is 5.96 Å². The Morgan fingerprint density at radius 1 is 1.05 bits per heavy atom. The minimum Gasteiger partial charge on any atom is -0.349 e. The third-order valence-corrected chi connectivity index (χ3v) is 2.77. The smallest absolute Gasteiger partial charge is 0.253 e. The lowest BCUT2D eigenvalue weighted by atomic mass is 10.8. The molecule has 4 N–H and O–H groups in total. The van der Waals surface area contributed by atoms with E-state index >= 15 is 0 Å². The predicted octanol–water partition coefficient (Wildman–Crippen LogP) is -1.03. The minimum atomic E-state index is -3.31. The second-order valence-electron chi connectivity index (χ2n) is 3.45. The van der Waals surface area contributed by atoms with Crippen LogP contribution in [0.5, 0.6) is 0 Å². The van der Waals surface area contributed by atoms with Crippen molar-refractivity contribution in [1.82, 2.24) is 25.5 Å². The van der Waals surface area contributed by atoms with E-state index in [4.69, 9.17) is 0 Å². The van der Waals surface area contributed by atoms with Crippen LogP contribution in [0.4, 0.5) is 0 Å². The summed E-state index contributed by atoms with van der Waals surface area (Å²) in [6, 6.07) is 0. The fourth-order valence-electron chi connectivity index (χ4n) is 0.542. The average Bonchev–Trinajstić information content (AvgIpc) is 2.37. The van der Waals surface area contributed by atoms with Gasteiger partial charge in [0.05, 0.1) is 6.26 Å². The van der Waals surface area contributed by atoms with Crippen LogP contribution in [0.2, 0.25) is 0 Å². The molecule has 21 heavy (non-hydrogen) atoms. The van der Waals surface area contributed by atoms with Crippen molar-refractivity contribution in [1.29, 1.82) is 0 Å². The molecule has 0 aliphatic carbocycles. The van der Waals surface area contributed by atoms with Crippen LogP contribution in [0.15, 0.2) is 9.16 Å². The summed E-state index contributed by atoms with van der Waals surface area (Å²) in [7, 11) is 13.2. The van der Waals surface area contributed by atoms with Gasteiger partial charge in [-0.25, -0.2) is 13.2 Å². The maximum atomic E-state index is 10.5. The summed E-state index contributed by atoms with van der Waals surface area (Å²) in [6.45, 7) is 0. The molecule has 0 saturated heterocycles. The van der Waals surface area contributed by atoms with Crippen molar-refractivity contribution in [3.8, 4) is 0 Å². The topological polar surface area (TPSA) is 110 Å². The van der Waals surface area contributed by atoms with Gasteiger partial charge < -0.3 is 25.5 Å². The molecule has 0 fully saturated rings. The number of hydrogen-bond acceptors (Lipinski definition) is 4. The molecule has 0 aliphatic heterocycles. The molecule has 0 radical (unpaired) electrons. The van der Waals surface area contributed by atoms with Crippen LogP contribution < -0.4 is 20.6 Å². The van der Waals surface area contributed by atoms with Crippen LogP contribution in [-0.2, 0) is 10.0 Å². The molecule has 0 amide bonds. The largest absolute Gasteiger partial charge is 0.349 e. The van der Waals surface area contributed by atoms with Crippen molar-refractivity contribution in [3.05, 3.63) is 0 Å². The van der Waals surface area contributed by atoms with Gasteiger partial charge in [-0.3, -0.25) is 0 Å². The highest BCUT2D eigenvalue weighted by Gasteiger charge is 1.98. The number of guanidine groups is 2. The highest BCUT2D eigenvalue weighted by Crippen LogP contribution is 1.88. The summed E-state index contributed by atoms with van der Waals surface area (Å²) in [5.41, 5.74) is 0. The van der Waals surface area contributed by atoms with Crippen LogP contribution in [0, 0.1) is 0 Å². The van der Waals surface area contributed by atoms with E-state index in [1.54, 1.807) is 0 Å². The molecule has 0 aromatic carbocycles. The molecule has 4 atom stereocenters. The summed E-state index contributed by atoms with van der Waals surface area (Å²) < 4.78 is 28.1. The zero-order chi connectivity index (χ0) is 17.5. The number of hydrogen-bond donors (Lipinski definition) is 4. The molecule has 9 nitrogen and oxygen atoms in total. The average molecular weight is 397 g/mol. The van der Waals surface area contributed by atoms with Gasteiger partial charge in [0.1, 0.15) is 0 Å². The fraction of sp³-hybridized carbons (Fsp3) is 0.714. The van der Waals surface area contributed by atoms with Crippen molar-refractivity contribution in [2.24, 2.45) is 9.16 Å². The highest BCUT2D eigenvalue weighted by atomic mass is 32.2. The van der Waals surface area contributed by atoms with Crippen LogP contribution in [0.25, 0.3) is 0 Å². The number of rotatable bonds is 1. The Hall–Kier alpha value is 0.170. The summed E-state index contributed by atoms with van der Waals surface area (Å²) in [5, 5.41) is 10.5. The molecule has 0 aromatic heterocycles. The first-order valence-corrected chi connectivity index (χ1v) is 9.46. The van der Waals surface area contributed by atoms with E-state index in [2.05, 4.69) is 67.3 Å². The summed E-state index contributed by atoms with van der Waals surface area (Å²) in [4.78, 5) is 1.88. The van der Waals surface area contributed by atoms with Crippen molar-refractivity contribution in [3.63, 3.8) is 0 Å². The Balaban J connectivity index is -0.000000264. The first kappa shape index (κ1) is 26.1. The predicted molar refractivity (Wildman–Crippen MR) is 107 cm³/mol. The summed E-state index contributed by atoms with van der Waals surface area (Å²) in [6.07, 6.45) is 1.01. The molecular weight excluding hydrogens is 370 g/mol. The molecular formula is C7H27N7O2P4S. The molecule has 0 bridgehead atoms. The number of sulfonamides is 1. The van der Waals surface area contributed by atoms with Crippen molar-refractivity contribution >= 4 is 59.5 Å². The molecule has 0 aliphatic rings. The van der Waals surface area contributed by atoms with E-state index in [0.29, 0.717) is 0 Å². The quantitative estimate of drug-likeness (QED) is 0.255. The van der Waals surface area contributed by atoms with E-state index in [-0.39, 0.29) is 5.96 Å². The maximum absolute atomic E-state index is 10.5. The highest BCUT2D eigenvalue weighted by molar-refractivity contribution is 7.89. The second kappa shape index (κ2) is 16.5. The molecule has 0 saturated carbocycles. The summed E-state index contributed by atoms with van der Waals surface area (Å²) >= 11 is 0. The molecule has 0 aromatic rings. The molecule has 0 heterocycles. The Bertz CT molecular complexity index is 396. The van der Waals surface area contributed by atoms with Gasteiger partial charge in [0.2, 0.25) is 5.96 Å². The van der Waals surface area contributed by atoms with Gasteiger partial charge in [-0.1, -0.05) is 0 Å². The minimum absolute atomic E-state index is 0.164. The van der Waals surface area contributed by atoms with Crippen molar-refractivity contribution in [2.75, 3.05) is 34.4 Å². The standard InChI is InChI=1S/C3H11N3P2.C2H9N3O2P2S.C2H7N/c1-6(2)3(4-7)5-8;1-10(6,7)5-2(3-8)4-9;1-3-2/h7-8H2,1-2H3,(H,4,5);8-9H2,1H3,(H2,3,4,5);3H,1-2H3. The number of nitrogens with zero attached hydrogens (tertiary/aromatic N) is 3. The molecule has 0 spiro atoms. The van der Waals surface area contributed by atoms with E-state index < -0.39 is 10.0 Å². The Morgan fingerprint density at radius 2 is 1.43 bits per heavy atom. The van der Waals surface area contributed by atoms with Gasteiger partial charge in [-0.05, 0) is 51.7 Å². The Labute approximate surface area is 137 Å². The van der Waals surface area contributed by atoms with E-state index in [9.17, 15) is 8.42 Å². The third-order valence-electron chi connectivity index (χ3n) is 1.21. The van der Waals surface area contributed by atoms with Gasteiger partial charge in [0.25, 0.3) is 10.0 Å². The third kappa shape index (κ3) is 22.6. The first-order valence-electron chi connectivity index (χ1n) is 5.36. The SMILES string of the molecule is CN(C)C(=NP)NP.CNC.CS(=O)(=O)N=C(NP)NP. The lowest BCUT2D eigenvalue weighted by molar-refractivity contribution is 0.603. The van der Waals surface area contributed by atoms with Crippen LogP contribution in [-0.4, -0.2) is 59.7 Å². The fourth-order valence-corrected chi connectivity index (χ4v) is 2.42. The van der Waals surface area contributed by atoms with Crippen molar-refractivity contribution in [2.45, 2.75) is 0 Å². The van der Waals surface area contributed by atoms with Crippen LogP contribution in [0.1, 0.15) is 0 Å². The second-order valence-corrected chi connectivity index (χ2v) is 6.23. The lowest BCUT2D eigenvalue weighted by Gasteiger charge is -2.12. The maximum Gasteiger partial charge on any atom is 0.253 e. The van der Waals surface area contributed by atoms with Gasteiger partial charge in [0, 0.05) is 14.1 Å². The Morgan fingerprint density at radius 3 is 1.48 bits per heavy atom. The van der Waals surface area contributed by atoms with E-state index in [1.165, 1.54) is 0 Å². The zero-order valence-corrected chi connectivity index (χ0v) is 18.3.